The topological polar surface area (TPSA) is 42.2 Å². The van der Waals surface area contributed by atoms with E-state index in [2.05, 4.69) is 5.32 Å². The number of amides is 1. The van der Waals surface area contributed by atoms with E-state index in [1.54, 1.807) is 0 Å². The molecule has 102 valence electrons. The first-order valence-electron chi connectivity index (χ1n) is 6.37. The second-order valence-electron chi connectivity index (χ2n) is 4.71. The van der Waals surface area contributed by atoms with Crippen LogP contribution in [0.2, 0.25) is 0 Å². The third kappa shape index (κ3) is 2.14. The second-order valence-corrected chi connectivity index (χ2v) is 6.42. The van der Waals surface area contributed by atoms with Gasteiger partial charge >= 0.3 is 0 Å². The highest BCUT2D eigenvalue weighted by Gasteiger charge is 2.22. The van der Waals surface area contributed by atoms with Crippen LogP contribution in [0.25, 0.3) is 28.0 Å². The summed E-state index contributed by atoms with van der Waals surface area (Å²) in [4.78, 5) is 12.3. The van der Waals surface area contributed by atoms with E-state index >= 15 is 0 Å². The number of carbonyl (C=O) groups excluding carboxylic acids is 1. The zero-order chi connectivity index (χ0) is 14.4. The summed E-state index contributed by atoms with van der Waals surface area (Å²) in [5, 5.41) is 4.74. The van der Waals surface area contributed by atoms with Gasteiger partial charge in [0.05, 0.1) is 4.91 Å². The van der Waals surface area contributed by atoms with Gasteiger partial charge in [-0.25, -0.2) is 0 Å². The summed E-state index contributed by atoms with van der Waals surface area (Å²) in [6.07, 6.45) is 1.85. The summed E-state index contributed by atoms with van der Waals surface area (Å²) in [6.45, 7) is 0. The maximum atomic E-state index is 11.7. The van der Waals surface area contributed by atoms with Gasteiger partial charge in [0, 0.05) is 10.8 Å². The van der Waals surface area contributed by atoms with Crippen LogP contribution in [0, 0.1) is 0 Å². The summed E-state index contributed by atoms with van der Waals surface area (Å²) >= 11 is 6.28. The predicted octanol–water partition coefficient (Wildman–Crippen LogP) is 4.07. The predicted molar refractivity (Wildman–Crippen MR) is 90.0 cm³/mol. The van der Waals surface area contributed by atoms with E-state index < -0.39 is 0 Å². The van der Waals surface area contributed by atoms with Gasteiger partial charge in [-0.15, -0.1) is 0 Å². The van der Waals surface area contributed by atoms with Crippen LogP contribution in [-0.4, -0.2) is 10.2 Å². The summed E-state index contributed by atoms with van der Waals surface area (Å²) in [6, 6.07) is 13.8. The fourth-order valence-electron chi connectivity index (χ4n) is 2.41. The molecule has 1 aliphatic rings. The lowest BCUT2D eigenvalue weighted by Gasteiger charge is -1.96. The third-order valence-electron chi connectivity index (χ3n) is 3.34. The van der Waals surface area contributed by atoms with Gasteiger partial charge in [0.25, 0.3) is 5.91 Å². The minimum Gasteiger partial charge on any atom is -0.456 e. The molecule has 0 unspecified atom stereocenters. The lowest BCUT2D eigenvalue weighted by Crippen LogP contribution is -2.17. The van der Waals surface area contributed by atoms with Crippen LogP contribution in [0.15, 0.2) is 51.8 Å². The van der Waals surface area contributed by atoms with Gasteiger partial charge in [-0.05, 0) is 29.8 Å². The molecule has 0 radical (unpaired) electrons. The molecule has 2 aromatic carbocycles. The van der Waals surface area contributed by atoms with Crippen molar-refractivity contribution in [2.75, 3.05) is 0 Å². The van der Waals surface area contributed by atoms with E-state index in [1.165, 1.54) is 11.8 Å². The number of fused-ring (bicyclic) bond motifs is 3. The molecule has 1 aromatic heterocycles. The first kappa shape index (κ1) is 12.6. The van der Waals surface area contributed by atoms with E-state index in [0.717, 1.165) is 27.5 Å². The fourth-order valence-corrected chi connectivity index (χ4v) is 3.45. The first-order chi connectivity index (χ1) is 10.2. The largest absolute Gasteiger partial charge is 0.456 e. The number of carbonyl (C=O) groups is 1. The Morgan fingerprint density at radius 3 is 2.71 bits per heavy atom. The van der Waals surface area contributed by atoms with Crippen molar-refractivity contribution in [2.45, 2.75) is 0 Å². The van der Waals surface area contributed by atoms with E-state index in [4.69, 9.17) is 16.6 Å². The van der Waals surface area contributed by atoms with E-state index in [-0.39, 0.29) is 5.91 Å². The third-order valence-corrected chi connectivity index (χ3v) is 4.50. The van der Waals surface area contributed by atoms with Gasteiger partial charge in [-0.3, -0.25) is 4.79 Å². The first-order valence-corrected chi connectivity index (χ1v) is 7.59. The Bertz CT molecular complexity index is 940. The number of furan rings is 1. The Balaban J connectivity index is 1.87. The Kier molecular flexibility index (Phi) is 2.83. The highest BCUT2D eigenvalue weighted by Crippen LogP contribution is 2.31. The van der Waals surface area contributed by atoms with Crippen molar-refractivity contribution in [3.63, 3.8) is 0 Å². The van der Waals surface area contributed by atoms with Crippen molar-refractivity contribution >= 4 is 62.2 Å². The van der Waals surface area contributed by atoms with Crippen LogP contribution in [0.3, 0.4) is 0 Å². The normalized spacial score (nSPS) is 17.0. The molecule has 1 saturated heterocycles. The molecule has 3 aromatic rings. The summed E-state index contributed by atoms with van der Waals surface area (Å²) < 4.78 is 6.29. The van der Waals surface area contributed by atoms with E-state index in [0.29, 0.717) is 9.23 Å². The van der Waals surface area contributed by atoms with Crippen LogP contribution in [0.1, 0.15) is 5.56 Å². The summed E-state index contributed by atoms with van der Waals surface area (Å²) in [5.41, 5.74) is 2.67. The van der Waals surface area contributed by atoms with Crippen molar-refractivity contribution in [1.82, 2.24) is 5.32 Å². The molecule has 0 spiro atoms. The molecule has 2 heterocycles. The maximum Gasteiger partial charge on any atom is 0.263 e. The summed E-state index contributed by atoms with van der Waals surface area (Å²) in [5.74, 6) is -0.137. The summed E-state index contributed by atoms with van der Waals surface area (Å²) in [7, 11) is 0. The Hall–Kier alpha value is -2.11. The van der Waals surface area contributed by atoms with Crippen LogP contribution < -0.4 is 5.32 Å². The van der Waals surface area contributed by atoms with Gasteiger partial charge in [0.2, 0.25) is 0 Å². The number of hydrogen-bond donors (Lipinski definition) is 1. The molecule has 0 aliphatic carbocycles. The average Bonchev–Trinajstić information content (AvgIpc) is 2.99. The lowest BCUT2D eigenvalue weighted by atomic mass is 10.1. The number of benzene rings is 2. The molecule has 0 atom stereocenters. The average molecular weight is 311 g/mol. The molecule has 21 heavy (non-hydrogen) atoms. The maximum absolute atomic E-state index is 11.7. The number of thiocarbonyl (C=S) groups is 1. The SMILES string of the molecule is O=C1NC(=S)S/C1=C\c1ccc2oc3ccccc3c2c1. The zero-order valence-electron chi connectivity index (χ0n) is 10.8. The van der Waals surface area contributed by atoms with Crippen LogP contribution in [-0.2, 0) is 4.79 Å². The highest BCUT2D eigenvalue weighted by atomic mass is 32.2. The Morgan fingerprint density at radius 2 is 1.90 bits per heavy atom. The second kappa shape index (κ2) is 4.72. The van der Waals surface area contributed by atoms with Crippen molar-refractivity contribution in [2.24, 2.45) is 0 Å². The quantitative estimate of drug-likeness (QED) is 0.543. The molecular formula is C16H9NO2S2. The number of rotatable bonds is 1. The number of para-hydroxylation sites is 1. The van der Waals surface area contributed by atoms with Crippen molar-refractivity contribution < 1.29 is 9.21 Å². The Morgan fingerprint density at radius 1 is 1.10 bits per heavy atom. The van der Waals surface area contributed by atoms with Crippen LogP contribution in [0.5, 0.6) is 0 Å². The number of nitrogens with one attached hydrogen (secondary N) is 1. The molecule has 1 aliphatic heterocycles. The molecule has 4 rings (SSSR count). The van der Waals surface area contributed by atoms with E-state index in [1.807, 2.05) is 48.5 Å². The van der Waals surface area contributed by atoms with Crippen LogP contribution in [0.4, 0.5) is 0 Å². The van der Waals surface area contributed by atoms with Crippen molar-refractivity contribution in [1.29, 1.82) is 0 Å². The van der Waals surface area contributed by atoms with E-state index in [9.17, 15) is 4.79 Å². The number of thioether (sulfide) groups is 1. The lowest BCUT2D eigenvalue weighted by molar-refractivity contribution is -0.115. The van der Waals surface area contributed by atoms with Gasteiger partial charge in [0.1, 0.15) is 15.5 Å². The fraction of sp³-hybridized carbons (Fsp3) is 0. The molecule has 5 heteroatoms. The van der Waals surface area contributed by atoms with Crippen molar-refractivity contribution in [3.8, 4) is 0 Å². The van der Waals surface area contributed by atoms with Crippen molar-refractivity contribution in [3.05, 3.63) is 52.9 Å². The minimum atomic E-state index is -0.137. The standard InChI is InChI=1S/C16H9NO2S2/c18-15-14(21-16(20)17-15)8-9-5-6-13-11(7-9)10-3-1-2-4-12(10)19-13/h1-8H,(H,17,18,20)/b14-8-. The molecule has 3 nitrogen and oxygen atoms in total. The Labute approximate surface area is 130 Å². The van der Waals surface area contributed by atoms with Crippen LogP contribution >= 0.6 is 24.0 Å². The minimum absolute atomic E-state index is 0.137. The smallest absolute Gasteiger partial charge is 0.263 e. The molecule has 1 fully saturated rings. The molecule has 1 N–H and O–H groups in total. The number of hydrogen-bond acceptors (Lipinski definition) is 4. The zero-order valence-corrected chi connectivity index (χ0v) is 12.4. The van der Waals surface area contributed by atoms with Gasteiger partial charge in [-0.1, -0.05) is 48.2 Å². The highest BCUT2D eigenvalue weighted by molar-refractivity contribution is 8.26. The van der Waals surface area contributed by atoms with Gasteiger partial charge in [-0.2, -0.15) is 0 Å². The van der Waals surface area contributed by atoms with Gasteiger partial charge in [0.15, 0.2) is 0 Å². The molecule has 1 amide bonds. The van der Waals surface area contributed by atoms with Gasteiger partial charge < -0.3 is 9.73 Å². The molecule has 0 saturated carbocycles. The molecular weight excluding hydrogens is 302 g/mol. The molecule has 0 bridgehead atoms. The monoisotopic (exact) mass is 311 g/mol.